The highest BCUT2D eigenvalue weighted by Gasteiger charge is 2.10. The molecule has 0 N–H and O–H groups in total. The van der Waals surface area contributed by atoms with Crippen LogP contribution in [0.4, 0.5) is 0 Å². The Morgan fingerprint density at radius 2 is 2.12 bits per heavy atom. The zero-order valence-corrected chi connectivity index (χ0v) is 9.41. The minimum atomic E-state index is 0.652. The van der Waals surface area contributed by atoms with Gasteiger partial charge < -0.3 is 4.74 Å². The van der Waals surface area contributed by atoms with Gasteiger partial charge in [0.25, 0.3) is 0 Å². The Morgan fingerprint density at radius 3 is 3.00 bits per heavy atom. The van der Waals surface area contributed by atoms with Crippen molar-refractivity contribution in [2.45, 2.75) is 6.42 Å². The van der Waals surface area contributed by atoms with Crippen LogP contribution in [-0.4, -0.2) is 15.7 Å². The van der Waals surface area contributed by atoms with E-state index in [-0.39, 0.29) is 0 Å². The van der Waals surface area contributed by atoms with E-state index in [2.05, 4.69) is 15.4 Å². The van der Waals surface area contributed by atoms with Crippen LogP contribution in [0.25, 0.3) is 10.9 Å². The molecule has 0 saturated heterocycles. The van der Waals surface area contributed by atoms with E-state index in [0.29, 0.717) is 5.88 Å². The van der Waals surface area contributed by atoms with Crippen molar-refractivity contribution < 1.29 is 4.74 Å². The molecule has 0 atom stereocenters. The van der Waals surface area contributed by atoms with Gasteiger partial charge in [-0.3, -0.25) is 0 Å². The Hall–Kier alpha value is -1.55. The number of para-hydroxylation sites is 1. The topological polar surface area (TPSA) is 35.0 Å². The zero-order chi connectivity index (χ0) is 10.8. The first-order valence-corrected chi connectivity index (χ1v) is 6.16. The van der Waals surface area contributed by atoms with Crippen molar-refractivity contribution in [1.29, 1.82) is 0 Å². The SMILES string of the molecule is C1=C(Oc2ncnc3ccccc23)CCS1. The summed E-state index contributed by atoms with van der Waals surface area (Å²) in [4.78, 5) is 8.39. The number of benzene rings is 1. The quantitative estimate of drug-likeness (QED) is 0.794. The number of nitrogens with zero attached hydrogens (tertiary/aromatic N) is 2. The van der Waals surface area contributed by atoms with Crippen LogP contribution in [-0.2, 0) is 0 Å². The fourth-order valence-electron chi connectivity index (χ4n) is 1.63. The minimum Gasteiger partial charge on any atom is -0.442 e. The summed E-state index contributed by atoms with van der Waals surface area (Å²) in [6.45, 7) is 0. The lowest BCUT2D eigenvalue weighted by Gasteiger charge is -2.06. The molecule has 3 nitrogen and oxygen atoms in total. The summed E-state index contributed by atoms with van der Waals surface area (Å²) in [7, 11) is 0. The highest BCUT2D eigenvalue weighted by Crippen LogP contribution is 2.27. The average Bonchev–Trinajstić information content (AvgIpc) is 2.82. The van der Waals surface area contributed by atoms with Crippen LogP contribution in [0.3, 0.4) is 0 Å². The summed E-state index contributed by atoms with van der Waals surface area (Å²) in [5.74, 6) is 2.74. The Balaban J connectivity index is 2.02. The second-order valence-corrected chi connectivity index (χ2v) is 4.48. The van der Waals surface area contributed by atoms with Crippen molar-refractivity contribution in [3.05, 3.63) is 41.8 Å². The maximum Gasteiger partial charge on any atom is 0.229 e. The summed E-state index contributed by atoms with van der Waals surface area (Å²) in [6, 6.07) is 7.87. The maximum absolute atomic E-state index is 5.78. The molecular weight excluding hydrogens is 220 g/mol. The van der Waals surface area contributed by atoms with Gasteiger partial charge in [0.15, 0.2) is 0 Å². The third-order valence-corrected chi connectivity index (χ3v) is 3.28. The lowest BCUT2D eigenvalue weighted by molar-refractivity contribution is 0.403. The summed E-state index contributed by atoms with van der Waals surface area (Å²) >= 11 is 1.78. The van der Waals surface area contributed by atoms with Crippen molar-refractivity contribution >= 4 is 22.7 Å². The van der Waals surface area contributed by atoms with Crippen LogP contribution in [0.5, 0.6) is 5.88 Å². The molecule has 0 bridgehead atoms. The van der Waals surface area contributed by atoms with Crippen molar-refractivity contribution in [3.63, 3.8) is 0 Å². The molecule has 0 amide bonds. The number of rotatable bonds is 2. The number of hydrogen-bond donors (Lipinski definition) is 0. The number of thioether (sulfide) groups is 1. The van der Waals surface area contributed by atoms with Gasteiger partial charge in [0, 0.05) is 17.6 Å². The molecule has 0 fully saturated rings. The Morgan fingerprint density at radius 1 is 1.19 bits per heavy atom. The van der Waals surface area contributed by atoms with E-state index in [0.717, 1.165) is 28.8 Å². The lowest BCUT2D eigenvalue weighted by atomic mass is 10.2. The number of aromatic nitrogens is 2. The fourth-order valence-corrected chi connectivity index (χ4v) is 2.42. The second kappa shape index (κ2) is 4.14. The monoisotopic (exact) mass is 230 g/mol. The molecule has 2 aromatic rings. The van der Waals surface area contributed by atoms with Gasteiger partial charge in [-0.25, -0.2) is 9.97 Å². The Labute approximate surface area is 97.6 Å². The van der Waals surface area contributed by atoms with E-state index in [1.807, 2.05) is 24.3 Å². The Bertz CT molecular complexity index is 548. The summed E-state index contributed by atoms with van der Waals surface area (Å²) in [6.07, 6.45) is 2.52. The summed E-state index contributed by atoms with van der Waals surface area (Å²) in [5.41, 5.74) is 0.916. The van der Waals surface area contributed by atoms with E-state index in [4.69, 9.17) is 4.74 Å². The first-order valence-electron chi connectivity index (χ1n) is 5.12. The molecule has 0 unspecified atom stereocenters. The van der Waals surface area contributed by atoms with Gasteiger partial charge in [0.1, 0.15) is 12.1 Å². The third kappa shape index (κ3) is 1.76. The molecule has 1 aromatic carbocycles. The van der Waals surface area contributed by atoms with Gasteiger partial charge in [-0.15, -0.1) is 11.8 Å². The molecule has 0 saturated carbocycles. The molecule has 80 valence electrons. The highest BCUT2D eigenvalue weighted by molar-refractivity contribution is 8.02. The van der Waals surface area contributed by atoms with E-state index >= 15 is 0 Å². The van der Waals surface area contributed by atoms with E-state index < -0.39 is 0 Å². The highest BCUT2D eigenvalue weighted by atomic mass is 32.2. The summed E-state index contributed by atoms with van der Waals surface area (Å²) in [5, 5.41) is 3.01. The second-order valence-electron chi connectivity index (χ2n) is 3.50. The molecule has 1 aliphatic heterocycles. The van der Waals surface area contributed by atoms with Gasteiger partial charge in [0.05, 0.1) is 10.9 Å². The van der Waals surface area contributed by atoms with Crippen molar-refractivity contribution in [2.24, 2.45) is 0 Å². The van der Waals surface area contributed by atoms with Crippen LogP contribution in [0.2, 0.25) is 0 Å². The molecule has 4 heteroatoms. The molecule has 16 heavy (non-hydrogen) atoms. The van der Waals surface area contributed by atoms with Crippen molar-refractivity contribution in [3.8, 4) is 5.88 Å². The summed E-state index contributed by atoms with van der Waals surface area (Å²) < 4.78 is 5.78. The fraction of sp³-hybridized carbons (Fsp3) is 0.167. The predicted octanol–water partition coefficient (Wildman–Crippen LogP) is 2.99. The predicted molar refractivity (Wildman–Crippen MR) is 65.3 cm³/mol. The zero-order valence-electron chi connectivity index (χ0n) is 8.59. The molecule has 0 spiro atoms. The molecule has 0 aliphatic carbocycles. The third-order valence-electron chi connectivity index (χ3n) is 2.42. The van der Waals surface area contributed by atoms with Gasteiger partial charge in [-0.2, -0.15) is 0 Å². The number of allylic oxidation sites excluding steroid dienone is 1. The van der Waals surface area contributed by atoms with Crippen LogP contribution < -0.4 is 4.74 Å². The minimum absolute atomic E-state index is 0.652. The van der Waals surface area contributed by atoms with Crippen LogP contribution >= 0.6 is 11.8 Å². The number of fused-ring (bicyclic) bond motifs is 1. The molecule has 1 aliphatic rings. The van der Waals surface area contributed by atoms with Crippen LogP contribution in [0, 0.1) is 0 Å². The maximum atomic E-state index is 5.78. The first kappa shape index (κ1) is 9.66. The Kier molecular flexibility index (Phi) is 2.50. The van der Waals surface area contributed by atoms with Gasteiger partial charge in [-0.1, -0.05) is 12.1 Å². The number of hydrogen-bond acceptors (Lipinski definition) is 4. The van der Waals surface area contributed by atoms with E-state index in [9.17, 15) is 0 Å². The number of ether oxygens (including phenoxy) is 1. The standard InChI is InChI=1S/C12H10N2OS/c1-2-4-11-10(3-1)12(14-8-13-11)15-9-5-6-16-7-9/h1-4,7-8H,5-6H2. The molecule has 2 heterocycles. The largest absolute Gasteiger partial charge is 0.442 e. The lowest BCUT2D eigenvalue weighted by Crippen LogP contribution is -1.96. The normalized spacial score (nSPS) is 15.1. The molecular formula is C12H10N2OS. The first-order chi connectivity index (χ1) is 7.93. The molecule has 0 radical (unpaired) electrons. The molecule has 1 aromatic heterocycles. The van der Waals surface area contributed by atoms with Gasteiger partial charge in [-0.05, 0) is 12.1 Å². The van der Waals surface area contributed by atoms with Crippen molar-refractivity contribution in [2.75, 3.05) is 5.75 Å². The van der Waals surface area contributed by atoms with E-state index in [1.165, 1.54) is 0 Å². The van der Waals surface area contributed by atoms with Crippen molar-refractivity contribution in [1.82, 2.24) is 9.97 Å². The van der Waals surface area contributed by atoms with Gasteiger partial charge >= 0.3 is 0 Å². The van der Waals surface area contributed by atoms with Gasteiger partial charge in [0.2, 0.25) is 5.88 Å². The van der Waals surface area contributed by atoms with Crippen LogP contribution in [0.1, 0.15) is 6.42 Å². The van der Waals surface area contributed by atoms with E-state index in [1.54, 1.807) is 18.1 Å². The average molecular weight is 230 g/mol. The molecule has 3 rings (SSSR count). The smallest absolute Gasteiger partial charge is 0.229 e. The van der Waals surface area contributed by atoms with Crippen LogP contribution in [0.15, 0.2) is 41.8 Å².